The van der Waals surface area contributed by atoms with Crippen LogP contribution >= 0.6 is 0 Å². The smallest absolute Gasteiger partial charge is 0.870 e. The number of benzene rings is 2. The third-order valence-electron chi connectivity index (χ3n) is 3.68. The monoisotopic (exact) mass is 372 g/mol. The van der Waals surface area contributed by atoms with Gasteiger partial charge in [0.1, 0.15) is 11.5 Å². The van der Waals surface area contributed by atoms with Gasteiger partial charge in [-0.2, -0.15) is 8.42 Å². The first-order valence-corrected chi connectivity index (χ1v) is 9.40. The second kappa shape index (κ2) is 10.2. The zero-order chi connectivity index (χ0) is 17.6. The van der Waals surface area contributed by atoms with Crippen LogP contribution in [0, 0.1) is 0 Å². The molecule has 0 unspecified atom stereocenters. The first-order chi connectivity index (χ1) is 11.4. The van der Waals surface area contributed by atoms with E-state index in [-0.39, 0.29) is 40.2 Å². The molecule has 0 bridgehead atoms. The van der Waals surface area contributed by atoms with Crippen molar-refractivity contribution in [1.29, 1.82) is 0 Å². The van der Waals surface area contributed by atoms with Crippen molar-refractivity contribution in [3.63, 3.8) is 0 Å². The van der Waals surface area contributed by atoms with Crippen LogP contribution < -0.4 is 39.4 Å². The van der Waals surface area contributed by atoms with Crippen LogP contribution in [-0.2, 0) is 16.5 Å². The molecule has 0 saturated heterocycles. The van der Waals surface area contributed by atoms with Crippen molar-refractivity contribution in [2.75, 3.05) is 0 Å². The van der Waals surface area contributed by atoms with E-state index in [0.717, 1.165) is 31.7 Å². The van der Waals surface area contributed by atoms with E-state index in [1.165, 1.54) is 6.07 Å². The fourth-order valence-corrected chi connectivity index (χ4v) is 3.20. The van der Waals surface area contributed by atoms with Crippen molar-refractivity contribution in [1.82, 2.24) is 0 Å². The Labute approximate surface area is 171 Å². The van der Waals surface area contributed by atoms with Gasteiger partial charge in [0.2, 0.25) is 0 Å². The van der Waals surface area contributed by atoms with Crippen LogP contribution in [0.3, 0.4) is 0 Å². The standard InChI is InChI=1S/C18H22O5S.Na/c1-2-3-4-6-9-14-12-17(23-15-10-7-5-8-11-15)16(19)13-18(14)24(20,21)22;/h5,7-8,10-13,19H,2-4,6,9H2,1H3,(H,20,21,22);/q;+1/p-1. The Balaban J connectivity index is 0.00000312. The number of aryl methyl sites for hydroxylation is 1. The maximum Gasteiger partial charge on any atom is 1.00 e. The fraction of sp³-hybridized carbons (Fsp3) is 0.333. The van der Waals surface area contributed by atoms with E-state index in [2.05, 4.69) is 6.92 Å². The predicted octanol–water partition coefficient (Wildman–Crippen LogP) is 0.926. The molecular formula is C18H21NaO5S. The zero-order valence-corrected chi connectivity index (χ0v) is 17.4. The maximum absolute atomic E-state index is 12.1. The second-order valence-corrected chi connectivity index (χ2v) is 7.00. The van der Waals surface area contributed by atoms with Gasteiger partial charge in [-0.15, -0.1) is 0 Å². The molecule has 0 fully saturated rings. The summed E-state index contributed by atoms with van der Waals surface area (Å²) < 4.78 is 38.0. The van der Waals surface area contributed by atoms with E-state index in [4.69, 9.17) is 4.74 Å². The minimum Gasteiger partial charge on any atom is -0.870 e. The molecular weight excluding hydrogens is 351 g/mol. The molecule has 0 atom stereocenters. The molecule has 130 valence electrons. The molecule has 0 spiro atoms. The molecule has 5 nitrogen and oxygen atoms in total. The SMILES string of the molecule is CCCCCCc1cc(Oc2ccccc2)c([O-])cc1S(=O)(=O)O.[Na+]. The van der Waals surface area contributed by atoms with Crippen molar-refractivity contribution >= 4 is 10.1 Å². The summed E-state index contributed by atoms with van der Waals surface area (Å²) in [7, 11) is -4.44. The van der Waals surface area contributed by atoms with Gasteiger partial charge in [0, 0.05) is 0 Å². The Hall–Kier alpha value is -1.05. The van der Waals surface area contributed by atoms with Gasteiger partial charge in [-0.3, -0.25) is 4.55 Å². The summed E-state index contributed by atoms with van der Waals surface area (Å²) in [4.78, 5) is -0.329. The Bertz CT molecular complexity index is 776. The summed E-state index contributed by atoms with van der Waals surface area (Å²) in [6.07, 6.45) is 4.30. The average Bonchev–Trinajstić information content (AvgIpc) is 2.54. The predicted molar refractivity (Wildman–Crippen MR) is 90.1 cm³/mol. The summed E-state index contributed by atoms with van der Waals surface area (Å²) in [6.45, 7) is 2.08. The third-order valence-corrected chi connectivity index (χ3v) is 4.61. The molecule has 0 aliphatic heterocycles. The molecule has 0 aliphatic carbocycles. The van der Waals surface area contributed by atoms with Gasteiger partial charge in [0.05, 0.1) is 4.90 Å². The molecule has 2 rings (SSSR count). The summed E-state index contributed by atoms with van der Waals surface area (Å²) in [6, 6.07) is 11.1. The minimum atomic E-state index is -4.44. The van der Waals surface area contributed by atoms with E-state index in [0.29, 0.717) is 17.7 Å². The molecule has 7 heteroatoms. The van der Waals surface area contributed by atoms with Gasteiger partial charge in [0.25, 0.3) is 10.1 Å². The van der Waals surface area contributed by atoms with Crippen molar-refractivity contribution in [3.05, 3.63) is 48.0 Å². The first kappa shape index (κ1) is 22.0. The third kappa shape index (κ3) is 6.64. The molecule has 0 saturated carbocycles. The minimum absolute atomic E-state index is 0. The van der Waals surface area contributed by atoms with E-state index >= 15 is 0 Å². The van der Waals surface area contributed by atoms with Gasteiger partial charge < -0.3 is 9.84 Å². The molecule has 0 heterocycles. The average molecular weight is 372 g/mol. The van der Waals surface area contributed by atoms with Crippen LogP contribution in [0.5, 0.6) is 17.2 Å². The molecule has 0 amide bonds. The Kier molecular flexibility index (Phi) is 8.96. The zero-order valence-electron chi connectivity index (χ0n) is 14.6. The Morgan fingerprint density at radius 3 is 2.36 bits per heavy atom. The quantitative estimate of drug-likeness (QED) is 0.423. The summed E-state index contributed by atoms with van der Waals surface area (Å²) in [5.41, 5.74) is 0.402. The number of ether oxygens (including phenoxy) is 1. The van der Waals surface area contributed by atoms with Crippen molar-refractivity contribution in [2.45, 2.75) is 43.9 Å². The number of rotatable bonds is 8. The number of unbranched alkanes of at least 4 members (excludes halogenated alkanes) is 3. The van der Waals surface area contributed by atoms with Gasteiger partial charge in [-0.05, 0) is 42.7 Å². The Morgan fingerprint density at radius 1 is 1.08 bits per heavy atom. The molecule has 2 aromatic carbocycles. The van der Waals surface area contributed by atoms with Crippen LogP contribution in [0.2, 0.25) is 0 Å². The summed E-state index contributed by atoms with van der Waals surface area (Å²) in [5, 5.41) is 12.1. The molecule has 25 heavy (non-hydrogen) atoms. The fourth-order valence-electron chi connectivity index (χ4n) is 2.46. The van der Waals surface area contributed by atoms with E-state index < -0.39 is 15.9 Å². The van der Waals surface area contributed by atoms with Crippen LogP contribution in [0.1, 0.15) is 38.2 Å². The van der Waals surface area contributed by atoms with Crippen LogP contribution in [0.4, 0.5) is 0 Å². The van der Waals surface area contributed by atoms with E-state index in [1.807, 2.05) is 6.07 Å². The normalized spacial score (nSPS) is 11.0. The van der Waals surface area contributed by atoms with Crippen LogP contribution in [0.15, 0.2) is 47.4 Å². The summed E-state index contributed by atoms with van der Waals surface area (Å²) >= 11 is 0. The molecule has 0 radical (unpaired) electrons. The van der Waals surface area contributed by atoms with Gasteiger partial charge in [0.15, 0.2) is 0 Å². The van der Waals surface area contributed by atoms with Crippen LogP contribution in [-0.4, -0.2) is 13.0 Å². The number of hydrogen-bond donors (Lipinski definition) is 1. The first-order valence-electron chi connectivity index (χ1n) is 7.96. The summed E-state index contributed by atoms with van der Waals surface area (Å²) in [5.74, 6) is -0.0333. The largest absolute Gasteiger partial charge is 1.00 e. The molecule has 2 aromatic rings. The van der Waals surface area contributed by atoms with Gasteiger partial charge in [-0.25, -0.2) is 0 Å². The van der Waals surface area contributed by atoms with E-state index in [1.54, 1.807) is 24.3 Å². The Morgan fingerprint density at radius 2 is 1.76 bits per heavy atom. The van der Waals surface area contributed by atoms with Crippen LogP contribution in [0.25, 0.3) is 0 Å². The van der Waals surface area contributed by atoms with Gasteiger partial charge in [-0.1, -0.05) is 50.1 Å². The number of hydrogen-bond acceptors (Lipinski definition) is 4. The van der Waals surface area contributed by atoms with Gasteiger partial charge >= 0.3 is 29.6 Å². The number of para-hydroxylation sites is 1. The molecule has 1 N–H and O–H groups in total. The van der Waals surface area contributed by atoms with Crippen molar-refractivity contribution in [2.24, 2.45) is 0 Å². The molecule has 0 aromatic heterocycles. The van der Waals surface area contributed by atoms with Crippen molar-refractivity contribution in [3.8, 4) is 17.2 Å². The topological polar surface area (TPSA) is 86.7 Å². The molecule has 0 aliphatic rings. The van der Waals surface area contributed by atoms with E-state index in [9.17, 15) is 18.1 Å². The second-order valence-electron chi connectivity index (χ2n) is 5.61. The maximum atomic E-state index is 12.1. The van der Waals surface area contributed by atoms with Crippen molar-refractivity contribution < 1.29 is 52.4 Å².